The maximum Gasteiger partial charge on any atom is 0.306 e. The Bertz CT molecular complexity index is 338. The quantitative estimate of drug-likeness (QED) is 0.291. The van der Waals surface area contributed by atoms with Crippen LogP contribution in [0.2, 0.25) is 0 Å². The summed E-state index contributed by atoms with van der Waals surface area (Å²) in [5, 5.41) is 0. The number of esters is 2. The summed E-state index contributed by atoms with van der Waals surface area (Å²) in [7, 11) is -2.49. The first kappa shape index (κ1) is 21.2. The minimum Gasteiger partial charge on any atom is -0.466 e. The minimum atomic E-state index is -2.49. The third-order valence-electron chi connectivity index (χ3n) is 3.55. The van der Waals surface area contributed by atoms with Crippen LogP contribution in [0.25, 0.3) is 0 Å². The molecule has 0 aromatic rings. The zero-order valence-corrected chi connectivity index (χ0v) is 15.2. The summed E-state index contributed by atoms with van der Waals surface area (Å²) >= 11 is 0. The van der Waals surface area contributed by atoms with Gasteiger partial charge in [-0.05, 0) is 19.0 Å². The maximum atomic E-state index is 12.6. The van der Waals surface area contributed by atoms with Crippen LogP contribution >= 0.6 is 7.14 Å². The van der Waals surface area contributed by atoms with E-state index in [0.717, 1.165) is 25.7 Å². The van der Waals surface area contributed by atoms with Gasteiger partial charge in [0.1, 0.15) is 0 Å². The minimum absolute atomic E-state index is 0.166. The van der Waals surface area contributed by atoms with E-state index >= 15 is 0 Å². The van der Waals surface area contributed by atoms with Crippen molar-refractivity contribution >= 4 is 19.1 Å². The Morgan fingerprint density at radius 1 is 0.818 bits per heavy atom. The van der Waals surface area contributed by atoms with Gasteiger partial charge in [-0.2, -0.15) is 0 Å². The Balaban J connectivity index is 4.05. The molecule has 0 aliphatic heterocycles. The molecule has 0 aromatic carbocycles. The van der Waals surface area contributed by atoms with Gasteiger partial charge in [0.2, 0.25) is 0 Å². The summed E-state index contributed by atoms with van der Waals surface area (Å²) in [4.78, 5) is 23.1. The molecule has 5 nitrogen and oxygen atoms in total. The van der Waals surface area contributed by atoms with Crippen LogP contribution in [0.1, 0.15) is 59.3 Å². The number of unbranched alkanes of at least 4 members (excludes halogenated alkanes) is 2. The van der Waals surface area contributed by atoms with E-state index in [1.165, 1.54) is 0 Å². The summed E-state index contributed by atoms with van der Waals surface area (Å²) in [5.74, 6) is -0.597. The fourth-order valence-corrected chi connectivity index (χ4v) is 3.86. The number of rotatable bonds is 13. The van der Waals surface area contributed by atoms with E-state index in [-0.39, 0.29) is 24.8 Å². The third-order valence-corrected chi connectivity index (χ3v) is 6.77. The second-order valence-electron chi connectivity index (χ2n) is 5.47. The molecule has 0 saturated carbocycles. The van der Waals surface area contributed by atoms with Crippen molar-refractivity contribution in [3.8, 4) is 0 Å². The monoisotopic (exact) mass is 334 g/mol. The lowest BCUT2D eigenvalue weighted by Gasteiger charge is -2.15. The molecule has 0 radical (unpaired) electrons. The molecule has 0 rings (SSSR count). The van der Waals surface area contributed by atoms with Crippen LogP contribution in [0.4, 0.5) is 0 Å². The molecule has 0 heterocycles. The highest BCUT2D eigenvalue weighted by Gasteiger charge is 2.23. The Labute approximate surface area is 134 Å². The van der Waals surface area contributed by atoms with Gasteiger partial charge in [-0.3, -0.25) is 9.59 Å². The highest BCUT2D eigenvalue weighted by atomic mass is 31.2. The van der Waals surface area contributed by atoms with Gasteiger partial charge in [-0.15, -0.1) is 0 Å². The Hall–Kier alpha value is -0.830. The van der Waals surface area contributed by atoms with Crippen LogP contribution in [0.5, 0.6) is 0 Å². The van der Waals surface area contributed by atoms with Crippen molar-refractivity contribution in [2.45, 2.75) is 59.3 Å². The van der Waals surface area contributed by atoms with Gasteiger partial charge in [-0.1, -0.05) is 33.6 Å². The lowest BCUT2D eigenvalue weighted by molar-refractivity contribution is -0.144. The molecule has 22 heavy (non-hydrogen) atoms. The molecule has 6 heteroatoms. The normalized spacial score (nSPS) is 11.2. The van der Waals surface area contributed by atoms with Crippen molar-refractivity contribution in [2.75, 3.05) is 31.7 Å². The lowest BCUT2D eigenvalue weighted by atomic mass is 10.4. The molecule has 0 saturated heterocycles. The van der Waals surface area contributed by atoms with Crippen molar-refractivity contribution in [1.82, 2.24) is 0 Å². The molecule has 0 N–H and O–H groups in total. The second-order valence-corrected chi connectivity index (χ2v) is 9.11. The van der Waals surface area contributed by atoms with Crippen LogP contribution in [-0.4, -0.2) is 43.6 Å². The summed E-state index contributed by atoms with van der Waals surface area (Å²) in [5.41, 5.74) is 0. The first-order valence-electron chi connectivity index (χ1n) is 8.35. The molecule has 0 amide bonds. The van der Waals surface area contributed by atoms with Gasteiger partial charge in [0.15, 0.2) is 0 Å². The van der Waals surface area contributed by atoms with Gasteiger partial charge in [0.05, 0.1) is 33.2 Å². The molecule has 0 bridgehead atoms. The smallest absolute Gasteiger partial charge is 0.306 e. The number of hydrogen-bond donors (Lipinski definition) is 0. The molecule has 130 valence electrons. The summed E-state index contributed by atoms with van der Waals surface area (Å²) in [6, 6.07) is 0. The van der Waals surface area contributed by atoms with Gasteiger partial charge in [0.25, 0.3) is 0 Å². The van der Waals surface area contributed by atoms with Crippen LogP contribution in [0, 0.1) is 0 Å². The predicted octanol–water partition coefficient (Wildman–Crippen LogP) is 3.84. The predicted molar refractivity (Wildman–Crippen MR) is 88.8 cm³/mol. The summed E-state index contributed by atoms with van der Waals surface area (Å²) < 4.78 is 22.8. The molecule has 0 aromatic heterocycles. The van der Waals surface area contributed by atoms with Crippen LogP contribution in [-0.2, 0) is 23.6 Å². The molecule has 0 unspecified atom stereocenters. The topological polar surface area (TPSA) is 69.7 Å². The number of carbonyl (C=O) groups excluding carboxylic acids is 2. The van der Waals surface area contributed by atoms with Crippen molar-refractivity contribution in [1.29, 1.82) is 0 Å². The average molecular weight is 334 g/mol. The second kappa shape index (κ2) is 12.7. The van der Waals surface area contributed by atoms with E-state index in [1.54, 1.807) is 0 Å². The van der Waals surface area contributed by atoms with E-state index in [1.807, 2.05) is 20.8 Å². The van der Waals surface area contributed by atoms with Crippen LogP contribution in [0.3, 0.4) is 0 Å². The van der Waals surface area contributed by atoms with E-state index in [9.17, 15) is 14.2 Å². The molecule has 0 aliphatic carbocycles. The Kier molecular flexibility index (Phi) is 12.2. The first-order chi connectivity index (χ1) is 10.5. The SMILES string of the molecule is CCCCOC(=O)CCP(=O)(CC)CCC(=O)OCCCC. The van der Waals surface area contributed by atoms with E-state index in [2.05, 4.69) is 0 Å². The average Bonchev–Trinajstić information content (AvgIpc) is 2.51. The van der Waals surface area contributed by atoms with Gasteiger partial charge >= 0.3 is 11.9 Å². The third kappa shape index (κ3) is 10.8. The van der Waals surface area contributed by atoms with Crippen LogP contribution in [0.15, 0.2) is 0 Å². The molecule has 0 spiro atoms. The van der Waals surface area contributed by atoms with E-state index in [0.29, 0.717) is 31.7 Å². The Morgan fingerprint density at radius 3 is 1.55 bits per heavy atom. The van der Waals surface area contributed by atoms with Crippen molar-refractivity contribution in [3.63, 3.8) is 0 Å². The lowest BCUT2D eigenvalue weighted by Crippen LogP contribution is -2.12. The van der Waals surface area contributed by atoms with Gasteiger partial charge < -0.3 is 14.0 Å². The molecule has 0 atom stereocenters. The van der Waals surface area contributed by atoms with Gasteiger partial charge in [0, 0.05) is 12.3 Å². The summed E-state index contributed by atoms with van der Waals surface area (Å²) in [6.07, 6.45) is 5.10. The van der Waals surface area contributed by atoms with Crippen molar-refractivity contribution in [3.05, 3.63) is 0 Å². The summed E-state index contributed by atoms with van der Waals surface area (Å²) in [6.45, 7) is 6.74. The highest BCUT2D eigenvalue weighted by molar-refractivity contribution is 7.63. The standard InChI is InChI=1S/C16H31O5P/c1-4-7-11-20-15(17)9-13-22(19,6-3)14-10-16(18)21-12-8-5-2/h4-14H2,1-3H3. The molecule has 0 fully saturated rings. The van der Waals surface area contributed by atoms with Crippen molar-refractivity contribution < 1.29 is 23.6 Å². The zero-order valence-electron chi connectivity index (χ0n) is 14.3. The molecular weight excluding hydrogens is 303 g/mol. The number of ether oxygens (including phenoxy) is 2. The van der Waals surface area contributed by atoms with E-state index < -0.39 is 7.14 Å². The first-order valence-corrected chi connectivity index (χ1v) is 10.6. The van der Waals surface area contributed by atoms with E-state index in [4.69, 9.17) is 9.47 Å². The fraction of sp³-hybridized carbons (Fsp3) is 0.875. The molecule has 0 aliphatic rings. The highest BCUT2D eigenvalue weighted by Crippen LogP contribution is 2.46. The van der Waals surface area contributed by atoms with Gasteiger partial charge in [-0.25, -0.2) is 0 Å². The Morgan fingerprint density at radius 2 is 1.23 bits per heavy atom. The number of carbonyl (C=O) groups is 2. The maximum absolute atomic E-state index is 12.6. The largest absolute Gasteiger partial charge is 0.466 e. The van der Waals surface area contributed by atoms with Crippen molar-refractivity contribution in [2.24, 2.45) is 0 Å². The fourth-order valence-electron chi connectivity index (χ4n) is 1.82. The zero-order chi connectivity index (χ0) is 16.8. The number of hydrogen-bond acceptors (Lipinski definition) is 5. The van der Waals surface area contributed by atoms with Crippen LogP contribution < -0.4 is 0 Å². The molecular formula is C16H31O5P.